The van der Waals surface area contributed by atoms with Crippen LogP contribution in [-0.4, -0.2) is 52.6 Å². The van der Waals surface area contributed by atoms with Crippen LogP contribution in [0.2, 0.25) is 0 Å². The number of ether oxygens (including phenoxy) is 4. The minimum atomic E-state index is -0.950. The quantitative estimate of drug-likeness (QED) is 0.526. The Hall–Kier alpha value is -4.68. The van der Waals surface area contributed by atoms with Crippen LogP contribution < -0.4 is 23.8 Å². The molecule has 13 heteroatoms. The highest BCUT2D eigenvalue weighted by atomic mass is 16.7. The molecule has 5 heterocycles. The van der Waals surface area contributed by atoms with Gasteiger partial charge in [-0.1, -0.05) is 10.4 Å². The summed E-state index contributed by atoms with van der Waals surface area (Å²) in [5.41, 5.74) is 1.06. The second-order valence-electron chi connectivity index (χ2n) is 7.82. The fourth-order valence-electron chi connectivity index (χ4n) is 4.24. The first-order valence-corrected chi connectivity index (χ1v) is 10.3. The van der Waals surface area contributed by atoms with E-state index in [0.717, 1.165) is 4.90 Å². The standard InChI is InChI=1S/C21H14N6O7/c28-20-17-18(21(29)27(20)11-2-4-13-15(6-11)33-9-31-13)26(25-23-17)7-16-22-19(24-34-16)10-1-3-12-14(5-10)32-8-30-12/h1-6,17-18H,7-9H2/t17-,18+/m1/s1. The van der Waals surface area contributed by atoms with E-state index in [2.05, 4.69) is 20.5 Å². The van der Waals surface area contributed by atoms with Gasteiger partial charge in [0.15, 0.2) is 35.1 Å². The van der Waals surface area contributed by atoms with Crippen molar-refractivity contribution in [2.75, 3.05) is 18.5 Å². The predicted octanol–water partition coefficient (Wildman–Crippen LogP) is 1.69. The lowest BCUT2D eigenvalue weighted by molar-refractivity contribution is -0.123. The van der Waals surface area contributed by atoms with E-state index in [9.17, 15) is 9.59 Å². The lowest BCUT2D eigenvalue weighted by atomic mass is 10.1. The Morgan fingerprint density at radius 2 is 1.62 bits per heavy atom. The second-order valence-corrected chi connectivity index (χ2v) is 7.82. The van der Waals surface area contributed by atoms with Gasteiger partial charge < -0.3 is 23.5 Å². The van der Waals surface area contributed by atoms with Crippen LogP contribution in [0, 0.1) is 0 Å². The molecule has 2 atom stereocenters. The van der Waals surface area contributed by atoms with Crippen LogP contribution in [0.4, 0.5) is 5.69 Å². The van der Waals surface area contributed by atoms with Crippen LogP contribution in [0.5, 0.6) is 23.0 Å². The Morgan fingerprint density at radius 3 is 2.44 bits per heavy atom. The molecule has 2 amide bonds. The monoisotopic (exact) mass is 462 g/mol. The molecule has 170 valence electrons. The van der Waals surface area contributed by atoms with Gasteiger partial charge >= 0.3 is 0 Å². The lowest BCUT2D eigenvalue weighted by Gasteiger charge is -2.19. The van der Waals surface area contributed by atoms with Gasteiger partial charge in [0.1, 0.15) is 6.54 Å². The molecule has 1 aromatic heterocycles. The molecule has 1 saturated heterocycles. The van der Waals surface area contributed by atoms with Gasteiger partial charge in [-0.3, -0.25) is 14.6 Å². The van der Waals surface area contributed by atoms with Crippen LogP contribution >= 0.6 is 0 Å². The van der Waals surface area contributed by atoms with Crippen molar-refractivity contribution in [3.05, 3.63) is 42.3 Å². The average molecular weight is 462 g/mol. The number of fused-ring (bicyclic) bond motifs is 3. The van der Waals surface area contributed by atoms with Gasteiger partial charge in [-0.2, -0.15) is 10.1 Å². The number of carbonyl (C=O) groups is 2. The largest absolute Gasteiger partial charge is 0.454 e. The van der Waals surface area contributed by atoms with Crippen LogP contribution in [0.15, 0.2) is 51.3 Å². The Kier molecular flexibility index (Phi) is 3.83. The van der Waals surface area contributed by atoms with Crippen LogP contribution in [0.1, 0.15) is 5.89 Å². The van der Waals surface area contributed by atoms with E-state index >= 15 is 0 Å². The summed E-state index contributed by atoms with van der Waals surface area (Å²) in [5, 5.41) is 13.4. The molecule has 0 bridgehead atoms. The molecule has 2 aromatic carbocycles. The molecule has 7 rings (SSSR count). The van der Waals surface area contributed by atoms with Crippen molar-refractivity contribution < 1.29 is 33.1 Å². The van der Waals surface area contributed by atoms with Crippen molar-refractivity contribution in [1.82, 2.24) is 15.1 Å². The first kappa shape index (κ1) is 18.8. The third-order valence-corrected chi connectivity index (χ3v) is 5.87. The number of anilines is 1. The zero-order valence-corrected chi connectivity index (χ0v) is 17.3. The fourth-order valence-corrected chi connectivity index (χ4v) is 4.24. The van der Waals surface area contributed by atoms with E-state index in [-0.39, 0.29) is 26.0 Å². The number of rotatable bonds is 4. The molecule has 0 unspecified atom stereocenters. The van der Waals surface area contributed by atoms with Crippen molar-refractivity contribution >= 4 is 17.5 Å². The fraction of sp³-hybridized carbons (Fsp3) is 0.238. The van der Waals surface area contributed by atoms with E-state index < -0.39 is 23.9 Å². The van der Waals surface area contributed by atoms with E-state index in [1.165, 1.54) is 5.01 Å². The highest BCUT2D eigenvalue weighted by Gasteiger charge is 2.55. The lowest BCUT2D eigenvalue weighted by Crippen LogP contribution is -2.39. The average Bonchev–Trinajstić information content (AvgIpc) is 3.66. The highest BCUT2D eigenvalue weighted by Crippen LogP contribution is 2.39. The number of benzene rings is 2. The third kappa shape index (κ3) is 2.73. The van der Waals surface area contributed by atoms with Gasteiger partial charge in [-0.05, 0) is 30.3 Å². The van der Waals surface area contributed by atoms with Crippen LogP contribution in [-0.2, 0) is 16.1 Å². The molecule has 4 aliphatic heterocycles. The Labute approximate surface area is 190 Å². The summed E-state index contributed by atoms with van der Waals surface area (Å²) >= 11 is 0. The summed E-state index contributed by atoms with van der Waals surface area (Å²) in [4.78, 5) is 31.6. The smallest absolute Gasteiger partial charge is 0.263 e. The second kappa shape index (κ2) is 6.91. The van der Waals surface area contributed by atoms with E-state index in [1.54, 1.807) is 36.4 Å². The number of hydrogen-bond acceptors (Lipinski definition) is 12. The summed E-state index contributed by atoms with van der Waals surface area (Å²) in [5.74, 6) is 1.91. The number of nitrogens with zero attached hydrogens (tertiary/aromatic N) is 6. The van der Waals surface area contributed by atoms with E-state index in [1.807, 2.05) is 0 Å². The molecule has 0 saturated carbocycles. The maximum Gasteiger partial charge on any atom is 0.263 e. The maximum atomic E-state index is 13.2. The van der Waals surface area contributed by atoms with Crippen LogP contribution in [0.3, 0.4) is 0 Å². The molecular formula is C21H14N6O7. The Morgan fingerprint density at radius 1 is 0.882 bits per heavy atom. The van der Waals surface area contributed by atoms with Crippen LogP contribution in [0.25, 0.3) is 11.4 Å². The molecular weight excluding hydrogens is 448 g/mol. The van der Waals surface area contributed by atoms with Gasteiger partial charge in [0.25, 0.3) is 11.8 Å². The van der Waals surface area contributed by atoms with Gasteiger partial charge in [0.05, 0.1) is 5.69 Å². The number of amides is 2. The number of carbonyl (C=O) groups excluding carboxylic acids is 2. The van der Waals surface area contributed by atoms with Gasteiger partial charge in [0.2, 0.25) is 25.3 Å². The van der Waals surface area contributed by atoms with Gasteiger partial charge in [0, 0.05) is 11.6 Å². The summed E-state index contributed by atoms with van der Waals surface area (Å²) < 4.78 is 26.7. The van der Waals surface area contributed by atoms with Gasteiger partial charge in [-0.15, -0.1) is 0 Å². The SMILES string of the molecule is O=C1[C@@H]2[C@@H](N=NN2Cc2nc(-c3ccc4c(c3)OCO4)no2)C(=O)N1c1ccc2c(c1)OCO2. The zero-order chi connectivity index (χ0) is 22.8. The summed E-state index contributed by atoms with van der Waals surface area (Å²) in [6.07, 6.45) is 0. The number of imide groups is 1. The minimum absolute atomic E-state index is 0.0101. The molecule has 0 aliphatic carbocycles. The van der Waals surface area contributed by atoms with Crippen molar-refractivity contribution in [1.29, 1.82) is 0 Å². The molecule has 3 aromatic rings. The molecule has 0 N–H and O–H groups in total. The molecule has 0 spiro atoms. The molecule has 13 nitrogen and oxygen atoms in total. The predicted molar refractivity (Wildman–Crippen MR) is 109 cm³/mol. The number of aromatic nitrogens is 2. The highest BCUT2D eigenvalue weighted by molar-refractivity contribution is 6.25. The van der Waals surface area contributed by atoms with Crippen molar-refractivity contribution in [3.8, 4) is 34.4 Å². The van der Waals surface area contributed by atoms with Crippen molar-refractivity contribution in [2.24, 2.45) is 10.3 Å². The molecule has 0 radical (unpaired) electrons. The van der Waals surface area contributed by atoms with Gasteiger partial charge in [-0.25, -0.2) is 4.90 Å². The minimum Gasteiger partial charge on any atom is -0.454 e. The Balaban J connectivity index is 1.11. The van der Waals surface area contributed by atoms with Crippen molar-refractivity contribution in [2.45, 2.75) is 18.6 Å². The molecule has 4 aliphatic rings. The summed E-state index contributed by atoms with van der Waals surface area (Å²) in [7, 11) is 0. The van der Waals surface area contributed by atoms with Crippen molar-refractivity contribution in [3.63, 3.8) is 0 Å². The Bertz CT molecular complexity index is 1390. The summed E-state index contributed by atoms with van der Waals surface area (Å²) in [6.45, 7) is 0.261. The first-order chi connectivity index (χ1) is 16.7. The van der Waals surface area contributed by atoms with E-state index in [4.69, 9.17) is 23.5 Å². The maximum absolute atomic E-state index is 13.2. The molecule has 1 fully saturated rings. The normalized spacial score (nSPS) is 21.6. The number of hydrogen-bond donors (Lipinski definition) is 0. The first-order valence-electron chi connectivity index (χ1n) is 10.3. The third-order valence-electron chi connectivity index (χ3n) is 5.87. The topological polar surface area (TPSA) is 141 Å². The molecule has 34 heavy (non-hydrogen) atoms. The van der Waals surface area contributed by atoms with E-state index in [0.29, 0.717) is 40.1 Å². The zero-order valence-electron chi connectivity index (χ0n) is 17.3. The summed E-state index contributed by atoms with van der Waals surface area (Å²) in [6, 6.07) is 8.33.